The topological polar surface area (TPSA) is 12.0 Å². The number of hydrogen-bond acceptors (Lipinski definition) is 2. The Morgan fingerprint density at radius 2 is 2.14 bits per heavy atom. The van der Waals surface area contributed by atoms with Gasteiger partial charge in [0.25, 0.3) is 0 Å². The fourth-order valence-electron chi connectivity index (χ4n) is 2.49. The van der Waals surface area contributed by atoms with E-state index in [1.165, 1.54) is 11.0 Å². The Morgan fingerprint density at radius 3 is 3.00 bits per heavy atom. The maximum atomic E-state index is 13.5. The van der Waals surface area contributed by atoms with E-state index in [9.17, 15) is 4.39 Å². The van der Waals surface area contributed by atoms with E-state index in [0.29, 0.717) is 6.54 Å². The minimum Gasteiger partial charge on any atom is -0.306 e. The minimum absolute atomic E-state index is 0.173. The molecule has 0 amide bonds. The van der Waals surface area contributed by atoms with Crippen LogP contribution in [0.1, 0.15) is 23.6 Å². The fourth-order valence-corrected chi connectivity index (χ4v) is 4.19. The molecule has 0 fully saturated rings. The van der Waals surface area contributed by atoms with Crippen molar-refractivity contribution in [3.05, 3.63) is 62.8 Å². The van der Waals surface area contributed by atoms with Gasteiger partial charge in [0.05, 0.1) is 0 Å². The summed E-state index contributed by atoms with van der Waals surface area (Å²) in [5.74, 6) is 0.867. The van der Waals surface area contributed by atoms with Gasteiger partial charge in [-0.15, -0.1) is 11.8 Å². The second-order valence-corrected chi connectivity index (χ2v) is 7.45. The van der Waals surface area contributed by atoms with Crippen LogP contribution in [0.4, 0.5) is 4.39 Å². The molecule has 1 aliphatic rings. The molecule has 0 radical (unpaired) electrons. The van der Waals surface area contributed by atoms with Gasteiger partial charge in [-0.3, -0.25) is 0 Å². The van der Waals surface area contributed by atoms with Gasteiger partial charge in [0.2, 0.25) is 0 Å². The van der Waals surface area contributed by atoms with Crippen LogP contribution in [0.25, 0.3) is 0 Å². The molecular formula is C16H14BrClFNS. The molecule has 1 N–H and O–H groups in total. The van der Waals surface area contributed by atoms with E-state index < -0.39 is 0 Å². The molecule has 0 bridgehead atoms. The molecule has 0 spiro atoms. The average Bonchev–Trinajstić information content (AvgIpc) is 2.48. The summed E-state index contributed by atoms with van der Waals surface area (Å²) < 4.78 is 14.5. The van der Waals surface area contributed by atoms with Crippen molar-refractivity contribution in [1.29, 1.82) is 0 Å². The van der Waals surface area contributed by atoms with Gasteiger partial charge in [-0.1, -0.05) is 27.5 Å². The van der Waals surface area contributed by atoms with Crippen LogP contribution in [-0.2, 0) is 6.54 Å². The highest BCUT2D eigenvalue weighted by Crippen LogP contribution is 2.36. The molecule has 110 valence electrons. The maximum Gasteiger partial charge on any atom is 0.123 e. The van der Waals surface area contributed by atoms with E-state index >= 15 is 0 Å². The number of halogens is 3. The van der Waals surface area contributed by atoms with E-state index in [0.717, 1.165) is 32.8 Å². The number of rotatable bonds is 3. The molecule has 1 atom stereocenters. The van der Waals surface area contributed by atoms with E-state index in [2.05, 4.69) is 21.2 Å². The Labute approximate surface area is 141 Å². The third kappa shape index (κ3) is 3.62. The van der Waals surface area contributed by atoms with Crippen LogP contribution in [0.15, 0.2) is 45.8 Å². The molecule has 3 rings (SSSR count). The van der Waals surface area contributed by atoms with Crippen LogP contribution in [0.2, 0.25) is 5.02 Å². The van der Waals surface area contributed by atoms with Crippen molar-refractivity contribution < 1.29 is 4.39 Å². The minimum atomic E-state index is -0.177. The first-order valence-electron chi connectivity index (χ1n) is 6.73. The van der Waals surface area contributed by atoms with E-state index in [1.807, 2.05) is 24.3 Å². The van der Waals surface area contributed by atoms with Gasteiger partial charge >= 0.3 is 0 Å². The van der Waals surface area contributed by atoms with Crippen LogP contribution in [0, 0.1) is 5.82 Å². The van der Waals surface area contributed by atoms with Crippen molar-refractivity contribution in [1.82, 2.24) is 5.32 Å². The predicted molar refractivity (Wildman–Crippen MR) is 90.5 cm³/mol. The lowest BCUT2D eigenvalue weighted by Gasteiger charge is -2.26. The quantitative estimate of drug-likeness (QED) is 0.740. The van der Waals surface area contributed by atoms with Crippen molar-refractivity contribution in [3.8, 4) is 0 Å². The molecule has 1 aliphatic heterocycles. The zero-order valence-corrected chi connectivity index (χ0v) is 14.4. The summed E-state index contributed by atoms with van der Waals surface area (Å²) in [4.78, 5) is 1.17. The summed E-state index contributed by atoms with van der Waals surface area (Å²) in [5, 5.41) is 4.25. The molecule has 5 heteroatoms. The van der Waals surface area contributed by atoms with Crippen LogP contribution in [0.5, 0.6) is 0 Å². The number of nitrogens with one attached hydrogen (secondary N) is 1. The summed E-state index contributed by atoms with van der Waals surface area (Å²) in [5.41, 5.74) is 2.10. The summed E-state index contributed by atoms with van der Waals surface area (Å²) in [6.45, 7) is 0.670. The van der Waals surface area contributed by atoms with E-state index in [4.69, 9.17) is 11.6 Å². The molecule has 0 aliphatic carbocycles. The van der Waals surface area contributed by atoms with Gasteiger partial charge in [-0.25, -0.2) is 4.39 Å². The highest BCUT2D eigenvalue weighted by atomic mass is 79.9. The molecule has 2 aromatic rings. The van der Waals surface area contributed by atoms with Crippen molar-refractivity contribution in [3.63, 3.8) is 0 Å². The fraction of sp³-hybridized carbons (Fsp3) is 0.250. The zero-order chi connectivity index (χ0) is 14.8. The first-order chi connectivity index (χ1) is 10.1. The van der Waals surface area contributed by atoms with Crippen molar-refractivity contribution >= 4 is 39.3 Å². The Kier molecular flexibility index (Phi) is 4.89. The molecule has 0 saturated carbocycles. The number of hydrogen-bond donors (Lipinski definition) is 1. The van der Waals surface area contributed by atoms with Crippen LogP contribution < -0.4 is 5.32 Å². The number of thioether (sulfide) groups is 1. The Morgan fingerprint density at radius 1 is 1.29 bits per heavy atom. The normalized spacial score (nSPS) is 17.6. The van der Waals surface area contributed by atoms with E-state index in [1.54, 1.807) is 17.8 Å². The largest absolute Gasteiger partial charge is 0.306 e. The molecule has 0 aromatic heterocycles. The standard InChI is InChI=1S/C16H14BrClFNS/c17-11-1-3-14(18)10(7-11)9-20-15-5-6-21-16-4-2-12(19)8-13(15)16/h1-4,7-8,15,20H,5-6,9H2. The lowest BCUT2D eigenvalue weighted by Crippen LogP contribution is -2.24. The van der Waals surface area contributed by atoms with Crippen LogP contribution >= 0.6 is 39.3 Å². The lowest BCUT2D eigenvalue weighted by atomic mass is 10.0. The predicted octanol–water partition coefficient (Wildman–Crippen LogP) is 5.57. The van der Waals surface area contributed by atoms with Gasteiger partial charge in [0.15, 0.2) is 0 Å². The monoisotopic (exact) mass is 385 g/mol. The second-order valence-electron chi connectivity index (χ2n) is 4.99. The summed E-state index contributed by atoms with van der Waals surface area (Å²) in [6, 6.07) is 11.0. The molecule has 1 heterocycles. The molecular weight excluding hydrogens is 373 g/mol. The highest BCUT2D eigenvalue weighted by Gasteiger charge is 2.21. The third-order valence-corrected chi connectivity index (χ3v) is 5.54. The number of fused-ring (bicyclic) bond motifs is 1. The second kappa shape index (κ2) is 6.69. The Hall–Kier alpha value is -0.550. The zero-order valence-electron chi connectivity index (χ0n) is 11.2. The third-order valence-electron chi connectivity index (χ3n) is 3.56. The lowest BCUT2D eigenvalue weighted by molar-refractivity contribution is 0.504. The smallest absolute Gasteiger partial charge is 0.123 e. The average molecular weight is 387 g/mol. The molecule has 1 unspecified atom stereocenters. The Bertz CT molecular complexity index is 665. The summed E-state index contributed by atoms with van der Waals surface area (Å²) in [7, 11) is 0. The first-order valence-corrected chi connectivity index (χ1v) is 8.89. The number of benzene rings is 2. The summed E-state index contributed by atoms with van der Waals surface area (Å²) >= 11 is 11.5. The highest BCUT2D eigenvalue weighted by molar-refractivity contribution is 9.10. The molecule has 1 nitrogen and oxygen atoms in total. The van der Waals surface area contributed by atoms with E-state index in [-0.39, 0.29) is 11.9 Å². The van der Waals surface area contributed by atoms with Crippen molar-refractivity contribution in [2.45, 2.75) is 23.9 Å². The van der Waals surface area contributed by atoms with Gasteiger partial charge in [-0.05, 0) is 59.7 Å². The van der Waals surface area contributed by atoms with Crippen molar-refractivity contribution in [2.75, 3.05) is 5.75 Å². The maximum absolute atomic E-state index is 13.5. The SMILES string of the molecule is Fc1ccc2c(c1)C(NCc1cc(Br)ccc1Cl)CCS2. The molecule has 21 heavy (non-hydrogen) atoms. The molecule has 2 aromatic carbocycles. The summed E-state index contributed by atoms with van der Waals surface area (Å²) in [6.07, 6.45) is 0.993. The van der Waals surface area contributed by atoms with Gasteiger partial charge in [0.1, 0.15) is 5.82 Å². The van der Waals surface area contributed by atoms with Crippen molar-refractivity contribution in [2.24, 2.45) is 0 Å². The Balaban J connectivity index is 1.78. The van der Waals surface area contributed by atoms with Crippen LogP contribution in [0.3, 0.4) is 0 Å². The van der Waals surface area contributed by atoms with Crippen LogP contribution in [-0.4, -0.2) is 5.75 Å². The first kappa shape index (κ1) is 15.3. The van der Waals surface area contributed by atoms with Gasteiger partial charge in [0, 0.05) is 27.0 Å². The van der Waals surface area contributed by atoms with Gasteiger partial charge < -0.3 is 5.32 Å². The van der Waals surface area contributed by atoms with Gasteiger partial charge in [-0.2, -0.15) is 0 Å². The molecule has 0 saturated heterocycles.